The minimum absolute atomic E-state index is 0.110. The Morgan fingerprint density at radius 2 is 1.61 bits per heavy atom. The number of nitrogens with one attached hydrogen (secondary N) is 1. The van der Waals surface area contributed by atoms with E-state index < -0.39 is 0 Å². The molecule has 0 radical (unpaired) electrons. The number of carbonyl (C=O) groups excluding carboxylic acids is 1. The minimum Gasteiger partial charge on any atom is -0.494 e. The number of methoxy groups -OCH3 is 2. The van der Waals surface area contributed by atoms with Crippen LogP contribution in [0.2, 0.25) is 0 Å². The molecule has 0 aromatic heterocycles. The van der Waals surface area contributed by atoms with Crippen LogP contribution in [0.3, 0.4) is 0 Å². The van der Waals surface area contributed by atoms with Gasteiger partial charge in [0.1, 0.15) is 5.75 Å². The Kier molecular flexibility index (Phi) is 10.4. The Morgan fingerprint density at radius 3 is 2.24 bits per heavy atom. The summed E-state index contributed by atoms with van der Waals surface area (Å²) in [6.07, 6.45) is 4.26. The first-order valence-corrected chi connectivity index (χ1v) is 12.9. The van der Waals surface area contributed by atoms with Gasteiger partial charge in [0.05, 0.1) is 20.8 Å². The van der Waals surface area contributed by atoms with Gasteiger partial charge in [-0.25, -0.2) is 0 Å². The zero-order valence-electron chi connectivity index (χ0n) is 23.4. The highest BCUT2D eigenvalue weighted by Gasteiger charge is 2.12. The van der Waals surface area contributed by atoms with Crippen LogP contribution in [-0.4, -0.2) is 45.2 Å². The van der Waals surface area contributed by atoms with Crippen molar-refractivity contribution in [1.29, 1.82) is 0 Å². The van der Waals surface area contributed by atoms with Gasteiger partial charge in [0, 0.05) is 24.9 Å². The molecule has 0 bridgehead atoms. The van der Waals surface area contributed by atoms with Crippen LogP contribution in [0.1, 0.15) is 43.9 Å². The van der Waals surface area contributed by atoms with Gasteiger partial charge >= 0.3 is 0 Å². The first-order valence-electron chi connectivity index (χ1n) is 12.9. The highest BCUT2D eigenvalue weighted by molar-refractivity contribution is 6.01. The lowest BCUT2D eigenvalue weighted by Crippen LogP contribution is -2.20. The number of hydrogen-bond acceptors (Lipinski definition) is 5. The summed E-state index contributed by atoms with van der Waals surface area (Å²) in [6.45, 7) is 8.87. The fourth-order valence-corrected chi connectivity index (χ4v) is 3.98. The van der Waals surface area contributed by atoms with Gasteiger partial charge in [0.15, 0.2) is 11.5 Å². The molecule has 3 aromatic rings. The predicted octanol–water partition coefficient (Wildman–Crippen LogP) is 6.55. The molecule has 1 N–H and O–H groups in total. The van der Waals surface area contributed by atoms with Crippen LogP contribution in [0.5, 0.6) is 17.2 Å². The van der Waals surface area contributed by atoms with Gasteiger partial charge < -0.3 is 24.4 Å². The molecule has 6 heteroatoms. The zero-order chi connectivity index (χ0) is 27.5. The second-order valence-electron chi connectivity index (χ2n) is 10.3. The van der Waals surface area contributed by atoms with Gasteiger partial charge in [0.2, 0.25) is 5.91 Å². The lowest BCUT2D eigenvalue weighted by Gasteiger charge is -2.18. The quantitative estimate of drug-likeness (QED) is 0.218. The van der Waals surface area contributed by atoms with E-state index in [4.69, 9.17) is 14.2 Å². The lowest BCUT2D eigenvalue weighted by molar-refractivity contribution is -0.111. The third-order valence-corrected chi connectivity index (χ3v) is 6.18. The first-order chi connectivity index (χ1) is 18.2. The van der Waals surface area contributed by atoms with E-state index in [2.05, 4.69) is 56.2 Å². The molecule has 202 valence electrons. The Morgan fingerprint density at radius 1 is 0.921 bits per heavy atom. The summed E-state index contributed by atoms with van der Waals surface area (Å²) in [5.41, 5.74) is 4.26. The summed E-state index contributed by atoms with van der Waals surface area (Å²) in [5.74, 6) is 2.08. The van der Waals surface area contributed by atoms with Crippen LogP contribution in [-0.2, 0) is 16.8 Å². The van der Waals surface area contributed by atoms with E-state index in [1.165, 1.54) is 5.56 Å². The van der Waals surface area contributed by atoms with Crippen molar-refractivity contribution in [3.8, 4) is 17.2 Å². The highest BCUT2D eigenvalue weighted by atomic mass is 16.5. The van der Waals surface area contributed by atoms with E-state index >= 15 is 0 Å². The molecule has 0 aliphatic heterocycles. The van der Waals surface area contributed by atoms with Gasteiger partial charge in [-0.05, 0) is 78.0 Å². The number of rotatable bonds is 12. The first kappa shape index (κ1) is 28.8. The van der Waals surface area contributed by atoms with E-state index in [9.17, 15) is 4.79 Å². The van der Waals surface area contributed by atoms with Crippen molar-refractivity contribution in [1.82, 2.24) is 4.90 Å². The van der Waals surface area contributed by atoms with Crippen molar-refractivity contribution in [3.63, 3.8) is 0 Å². The molecule has 0 unspecified atom stereocenters. The molecule has 38 heavy (non-hydrogen) atoms. The van der Waals surface area contributed by atoms with Gasteiger partial charge in [0.25, 0.3) is 0 Å². The molecule has 0 saturated carbocycles. The molecule has 0 aliphatic carbocycles. The van der Waals surface area contributed by atoms with Crippen LogP contribution in [0.25, 0.3) is 6.08 Å². The molecule has 0 spiro atoms. The number of ether oxygens (including phenoxy) is 3. The maximum atomic E-state index is 12.3. The largest absolute Gasteiger partial charge is 0.494 e. The molecule has 1 amide bonds. The molecular formula is C32H40N2O4. The van der Waals surface area contributed by atoms with Crippen LogP contribution in [0, 0.1) is 0 Å². The number of carbonyl (C=O) groups is 1. The Balaban J connectivity index is 1.38. The molecule has 3 aromatic carbocycles. The molecule has 3 rings (SSSR count). The van der Waals surface area contributed by atoms with Crippen LogP contribution >= 0.6 is 0 Å². The van der Waals surface area contributed by atoms with E-state index in [0.29, 0.717) is 6.61 Å². The molecule has 6 nitrogen and oxygen atoms in total. The van der Waals surface area contributed by atoms with E-state index in [1.807, 2.05) is 54.6 Å². The van der Waals surface area contributed by atoms with Gasteiger partial charge in [-0.15, -0.1) is 0 Å². The van der Waals surface area contributed by atoms with Gasteiger partial charge in [-0.1, -0.05) is 51.1 Å². The van der Waals surface area contributed by atoms with E-state index in [-0.39, 0.29) is 11.3 Å². The Bertz CT molecular complexity index is 1200. The summed E-state index contributed by atoms with van der Waals surface area (Å²) in [4.78, 5) is 14.6. The van der Waals surface area contributed by atoms with Crippen molar-refractivity contribution in [3.05, 3.63) is 89.5 Å². The predicted molar refractivity (Wildman–Crippen MR) is 155 cm³/mol. The molecule has 0 aliphatic rings. The maximum Gasteiger partial charge on any atom is 0.248 e. The van der Waals surface area contributed by atoms with Crippen molar-refractivity contribution >= 4 is 17.7 Å². The standard InChI is InChI=1S/C32H40N2O4/c1-32(2,3)26-12-8-24(9-13-26)11-19-31(35)33-27-14-16-28(17-15-27)38-21-7-20-34(4)23-25-10-18-29(36-5)30(22-25)37-6/h8-19,22H,7,20-21,23H2,1-6H3,(H,33,35)/b19-11+. The lowest BCUT2D eigenvalue weighted by atomic mass is 9.87. The number of anilines is 1. The summed E-state index contributed by atoms with van der Waals surface area (Å²) < 4.78 is 16.6. The average molecular weight is 517 g/mol. The summed E-state index contributed by atoms with van der Waals surface area (Å²) in [5, 5.41) is 2.89. The average Bonchev–Trinajstić information content (AvgIpc) is 2.90. The number of hydrogen-bond donors (Lipinski definition) is 1. The van der Waals surface area contributed by atoms with Crippen molar-refractivity contribution in [2.24, 2.45) is 0 Å². The summed E-state index contributed by atoms with van der Waals surface area (Å²) in [7, 11) is 5.37. The Labute approximate surface area is 227 Å². The monoisotopic (exact) mass is 516 g/mol. The molecule has 0 saturated heterocycles. The molecule has 0 fully saturated rings. The smallest absolute Gasteiger partial charge is 0.248 e. The van der Waals surface area contributed by atoms with Crippen LogP contribution in [0.15, 0.2) is 72.8 Å². The highest BCUT2D eigenvalue weighted by Crippen LogP contribution is 2.28. The third-order valence-electron chi connectivity index (χ3n) is 6.18. The fourth-order valence-electron chi connectivity index (χ4n) is 3.98. The fraction of sp³-hybridized carbons (Fsp3) is 0.344. The second-order valence-corrected chi connectivity index (χ2v) is 10.3. The number of nitrogens with zero attached hydrogens (tertiary/aromatic N) is 1. The Hall–Kier alpha value is -3.77. The zero-order valence-corrected chi connectivity index (χ0v) is 23.4. The van der Waals surface area contributed by atoms with Gasteiger partial charge in [-0.2, -0.15) is 0 Å². The van der Waals surface area contributed by atoms with Crippen molar-refractivity contribution < 1.29 is 19.0 Å². The van der Waals surface area contributed by atoms with E-state index in [1.54, 1.807) is 20.3 Å². The summed E-state index contributed by atoms with van der Waals surface area (Å²) >= 11 is 0. The second kappa shape index (κ2) is 13.7. The van der Waals surface area contributed by atoms with Crippen molar-refractivity contribution in [2.45, 2.75) is 39.2 Å². The molecule has 0 heterocycles. The van der Waals surface area contributed by atoms with E-state index in [0.717, 1.165) is 53.6 Å². The normalized spacial score (nSPS) is 11.6. The third kappa shape index (κ3) is 8.96. The summed E-state index contributed by atoms with van der Waals surface area (Å²) in [6, 6.07) is 21.7. The van der Waals surface area contributed by atoms with Crippen LogP contribution < -0.4 is 19.5 Å². The SMILES string of the molecule is COc1ccc(CN(C)CCCOc2ccc(NC(=O)/C=C/c3ccc(C(C)(C)C)cc3)cc2)cc1OC. The van der Waals surface area contributed by atoms with Crippen molar-refractivity contribution in [2.75, 3.05) is 39.7 Å². The minimum atomic E-state index is -0.170. The molecular weight excluding hydrogens is 476 g/mol. The maximum absolute atomic E-state index is 12.3. The topological polar surface area (TPSA) is 60.0 Å². The molecule has 0 atom stereocenters. The van der Waals surface area contributed by atoms with Gasteiger partial charge in [-0.3, -0.25) is 4.79 Å². The number of amides is 1. The van der Waals surface area contributed by atoms with Crippen LogP contribution in [0.4, 0.5) is 5.69 Å². The number of benzene rings is 3.